The van der Waals surface area contributed by atoms with Crippen LogP contribution in [0.3, 0.4) is 0 Å². The number of hydrogen-bond donors (Lipinski definition) is 11. The molecule has 98 heavy (non-hydrogen) atoms. The summed E-state index contributed by atoms with van der Waals surface area (Å²) in [7, 11) is 7.74. The number of amides is 4. The maximum absolute atomic E-state index is 12.5. The van der Waals surface area contributed by atoms with Crippen molar-refractivity contribution in [3.63, 3.8) is 0 Å². The molecule has 0 saturated carbocycles. The Bertz CT molecular complexity index is 2410. The number of rotatable bonds is 58. The first-order chi connectivity index (χ1) is 47.1. The van der Waals surface area contributed by atoms with Crippen molar-refractivity contribution in [2.75, 3.05) is 200 Å². The second-order valence-electron chi connectivity index (χ2n) is 20.5. The molecule has 0 aliphatic carbocycles. The van der Waals surface area contributed by atoms with Crippen molar-refractivity contribution in [2.45, 2.75) is 89.4 Å². The largest absolute Gasteiger partial charge is 0.480 e. The lowest BCUT2D eigenvalue weighted by Gasteiger charge is -2.29. The van der Waals surface area contributed by atoms with Crippen LogP contribution in [0.5, 0.6) is 0 Å². The molecule has 0 aliphatic heterocycles. The molecule has 38 heteroatoms. The number of guanidine groups is 2. The third kappa shape index (κ3) is 53.4. The van der Waals surface area contributed by atoms with E-state index in [-0.39, 0.29) is 115 Å². The van der Waals surface area contributed by atoms with Gasteiger partial charge in [-0.3, -0.25) is 34.0 Å². The first kappa shape index (κ1) is 92.5. The summed E-state index contributed by atoms with van der Waals surface area (Å²) in [6.07, 6.45) is 9.95. The second-order valence-corrected chi connectivity index (χ2v) is 20.5. The van der Waals surface area contributed by atoms with Gasteiger partial charge in [0.15, 0.2) is 17.7 Å². The van der Waals surface area contributed by atoms with Gasteiger partial charge in [-0.2, -0.15) is 0 Å². The van der Waals surface area contributed by atoms with Crippen LogP contribution < -0.4 is 33.6 Å². The molecule has 0 aromatic carbocycles. The van der Waals surface area contributed by atoms with Gasteiger partial charge in [-0.05, 0) is 39.0 Å². The number of aliphatic carboxylic acids is 3. The molecule has 0 aliphatic rings. The van der Waals surface area contributed by atoms with E-state index in [1.165, 1.54) is 56.0 Å². The fourth-order valence-corrected chi connectivity index (χ4v) is 7.66. The van der Waals surface area contributed by atoms with E-state index >= 15 is 0 Å². The van der Waals surface area contributed by atoms with E-state index < -0.39 is 59.8 Å². The molecular formula is C60H110N14O24. The number of aromatic nitrogens is 4. The summed E-state index contributed by atoms with van der Waals surface area (Å²) < 4.78 is 66.3. The number of carboxylic acid groups (broad SMARTS) is 3. The highest BCUT2D eigenvalue weighted by Gasteiger charge is 2.31. The Morgan fingerprint density at radius 2 is 0.837 bits per heavy atom. The first-order valence-electron chi connectivity index (χ1n) is 31.6. The Morgan fingerprint density at radius 3 is 1.22 bits per heavy atom. The number of carbonyl (C=O) groups is 8. The molecule has 15 N–H and O–H groups in total. The van der Waals surface area contributed by atoms with E-state index in [1.54, 1.807) is 21.3 Å². The molecule has 2 aromatic rings. The predicted octanol–water partition coefficient (Wildman–Crippen LogP) is -2.64. The van der Waals surface area contributed by atoms with E-state index in [1.807, 2.05) is 0 Å². The number of nitrogens with zero attached hydrogens (tertiary/aromatic N) is 6. The molecule has 564 valence electrons. The van der Waals surface area contributed by atoms with Crippen LogP contribution in [0.15, 0.2) is 35.0 Å². The number of imidazole rings is 2. The van der Waals surface area contributed by atoms with E-state index in [9.17, 15) is 48.6 Å². The van der Waals surface area contributed by atoms with Gasteiger partial charge >= 0.3 is 17.9 Å². The molecular weight excluding hydrogens is 1300 g/mol. The van der Waals surface area contributed by atoms with Gasteiger partial charge in [0.1, 0.15) is 44.6 Å². The average molecular weight is 1410 g/mol. The third-order valence-electron chi connectivity index (χ3n) is 12.7. The van der Waals surface area contributed by atoms with Gasteiger partial charge in [-0.25, -0.2) is 24.4 Å². The minimum absolute atomic E-state index is 0.00882. The van der Waals surface area contributed by atoms with E-state index in [2.05, 4.69) is 47.5 Å². The Morgan fingerprint density at radius 1 is 0.469 bits per heavy atom. The van der Waals surface area contributed by atoms with Crippen molar-refractivity contribution in [1.82, 2.24) is 40.4 Å². The lowest BCUT2D eigenvalue weighted by molar-refractivity contribution is -0.153. The molecule has 38 nitrogen and oxygen atoms in total. The third-order valence-corrected chi connectivity index (χ3v) is 12.7. The van der Waals surface area contributed by atoms with Crippen LogP contribution in [-0.4, -0.2) is 329 Å². The number of aromatic amines is 2. The van der Waals surface area contributed by atoms with Crippen LogP contribution in [0.4, 0.5) is 0 Å². The minimum Gasteiger partial charge on any atom is -0.480 e. The van der Waals surface area contributed by atoms with Gasteiger partial charge in [0.25, 0.3) is 0 Å². The smallest absolute Gasteiger partial charge is 0.326 e. The maximum atomic E-state index is 12.5. The number of ether oxygens (including phenoxy) is 13. The zero-order chi connectivity index (χ0) is 73.4. The molecule has 0 unspecified atom stereocenters. The molecule has 2 heterocycles. The van der Waals surface area contributed by atoms with Crippen molar-refractivity contribution in [2.24, 2.45) is 32.9 Å². The second kappa shape index (κ2) is 64.1. The molecule has 0 spiro atoms. The predicted molar refractivity (Wildman–Crippen MR) is 354 cm³/mol. The van der Waals surface area contributed by atoms with Crippen LogP contribution in [-0.2, 0) is 113 Å². The number of nitrogens with two attached hydrogens (primary N) is 4. The van der Waals surface area contributed by atoms with Crippen LogP contribution in [0.1, 0.15) is 63.8 Å². The van der Waals surface area contributed by atoms with Crippen molar-refractivity contribution in [3.8, 4) is 0 Å². The van der Waals surface area contributed by atoms with Crippen LogP contribution in [0.2, 0.25) is 0 Å². The highest BCUT2D eigenvalue weighted by atomic mass is 16.6. The minimum atomic E-state index is -1.11. The van der Waals surface area contributed by atoms with Crippen molar-refractivity contribution >= 4 is 59.2 Å². The van der Waals surface area contributed by atoms with Crippen molar-refractivity contribution < 1.29 is 115 Å². The number of unbranched alkanes of at least 4 members (excludes halogenated alkanes) is 1. The van der Waals surface area contributed by atoms with Crippen LogP contribution >= 0.6 is 0 Å². The summed E-state index contributed by atoms with van der Waals surface area (Å²) >= 11 is 0. The van der Waals surface area contributed by atoms with E-state index in [0.717, 1.165) is 12.8 Å². The average Bonchev–Trinajstić information content (AvgIpc) is 1.23. The summed E-state index contributed by atoms with van der Waals surface area (Å²) in [6, 6.07) is -3.65. The monoisotopic (exact) mass is 1410 g/mol. The standard InChI is InChI=1S/C16H32N4O7.C16H27N3O7.C14H28N4O5.C14H23N3O5/c1-24-8-10-26-7-6-20(14(21)12-27-11-9-25-2)13(15(22)23)4-3-5-19-16(17)18;1-23-5-7-25-4-3-19(15(20)11-26-8-6-24-2)14(16(21)22)9-13-10-17-12-18-13;1-11(19)12(4-3-5-17-14(15)16)18-13(20)10-23-9-8-22-7-6-21-2;1-2-3-4-21-5-6-22-9-13(18)17-12(14(19)20)7-11-8-15-10-16-11/h13H,3-12H2,1-2H3,(H,22,23)(H4,17,18,19);10,12,14H,3-9,11H2,1-2H3,(H,17,18)(H,21,22);12H,3-10H2,1-2H3,(H,18,20)(H4,15,16,17);8,10,12H,2-7,9H2,1H3,(H,15,16)(H,17,18)(H,19,20)/t13-;14-;2*12-/m0000/s1. The van der Waals surface area contributed by atoms with E-state index in [4.69, 9.17) is 89.6 Å². The number of H-pyrrole nitrogens is 2. The summed E-state index contributed by atoms with van der Waals surface area (Å²) in [5.74, 6) is -5.17. The molecule has 0 bridgehead atoms. The molecule has 4 amide bonds. The zero-order valence-corrected chi connectivity index (χ0v) is 57.9. The Labute approximate surface area is 572 Å². The number of hydrogen-bond acceptors (Lipinski definition) is 25. The Balaban J connectivity index is 0. The fourth-order valence-electron chi connectivity index (χ4n) is 7.66. The van der Waals surface area contributed by atoms with Gasteiger partial charge < -0.3 is 130 Å². The highest BCUT2D eigenvalue weighted by molar-refractivity contribution is 5.88. The SMILES string of the molecule is CCCCOCCOCC(=O)N[C@@H](Cc1cnc[nH]1)C(=O)O.COCCOCCN(C(=O)COCCOC)[C@@H](CCCN=C(N)N)C(=O)O.COCCOCCN(C(=O)COCCOC)[C@@H](Cc1cnc[nH]1)C(=O)O.COCCOCCOCC(=O)N[C@@H](CCCN=C(N)N)C(C)=O. The quantitative estimate of drug-likeness (QED) is 0.0183. The molecule has 0 radical (unpaired) electrons. The van der Waals surface area contributed by atoms with Gasteiger partial charge in [0.2, 0.25) is 23.6 Å². The summed E-state index contributed by atoms with van der Waals surface area (Å²) in [5.41, 5.74) is 22.2. The lowest BCUT2D eigenvalue weighted by Crippen LogP contribution is -2.49. The topological polar surface area (TPSA) is 534 Å². The van der Waals surface area contributed by atoms with Crippen molar-refractivity contribution in [3.05, 3.63) is 36.4 Å². The fraction of sp³-hybridized carbons (Fsp3) is 0.733. The van der Waals surface area contributed by atoms with Gasteiger partial charge in [0, 0.05) is 105 Å². The number of aliphatic imine (C=N–C) groups is 2. The summed E-state index contributed by atoms with van der Waals surface area (Å²) in [4.78, 5) is 118. The van der Waals surface area contributed by atoms with Crippen LogP contribution in [0.25, 0.3) is 0 Å². The molecule has 4 atom stereocenters. The summed E-state index contributed by atoms with van der Waals surface area (Å²) in [6.45, 7) is 9.85. The lowest BCUT2D eigenvalue weighted by atomic mass is 10.1. The number of methoxy groups -OCH3 is 5. The molecule has 2 aromatic heterocycles. The summed E-state index contributed by atoms with van der Waals surface area (Å²) in [5, 5.41) is 33.3. The molecule has 0 fully saturated rings. The molecule has 0 saturated heterocycles. The Hall–Kier alpha value is -7.60. The zero-order valence-electron chi connectivity index (χ0n) is 57.9. The normalized spacial score (nSPS) is 11.9. The number of carbonyl (C=O) groups excluding carboxylic acids is 5. The number of carboxylic acids is 3. The van der Waals surface area contributed by atoms with E-state index in [0.29, 0.717) is 123 Å². The van der Waals surface area contributed by atoms with Gasteiger partial charge in [-0.1, -0.05) is 13.3 Å². The van der Waals surface area contributed by atoms with Gasteiger partial charge in [-0.15, -0.1) is 0 Å². The maximum Gasteiger partial charge on any atom is 0.326 e. The van der Waals surface area contributed by atoms with Crippen LogP contribution in [0, 0.1) is 0 Å². The first-order valence-corrected chi connectivity index (χ1v) is 31.6. The number of ketones is 1. The Kier molecular flexibility index (Phi) is 60.5. The highest BCUT2D eigenvalue weighted by Crippen LogP contribution is 2.12. The number of Topliss-reactive ketones (excluding diaryl/α,β-unsaturated/α-hetero) is 1. The van der Waals surface area contributed by atoms with Gasteiger partial charge in [0.05, 0.1) is 124 Å². The van der Waals surface area contributed by atoms with Crippen molar-refractivity contribution in [1.29, 1.82) is 0 Å². The number of nitrogens with one attached hydrogen (secondary N) is 4. The molecule has 2 rings (SSSR count).